The highest BCUT2D eigenvalue weighted by atomic mass is 16.6. The summed E-state index contributed by atoms with van der Waals surface area (Å²) >= 11 is 0. The summed E-state index contributed by atoms with van der Waals surface area (Å²) in [7, 11) is 8.08. The maximum absolute atomic E-state index is 13.0. The second kappa shape index (κ2) is 14.1. The molecule has 2 atom stereocenters. The molecule has 2 aliphatic rings. The Hall–Kier alpha value is -7.06. The molecule has 6 aromatic carbocycles. The van der Waals surface area contributed by atoms with Crippen LogP contribution in [0.1, 0.15) is 71.0 Å². The third kappa shape index (κ3) is 5.73. The standard InChI is InChI=1S/C26H24N2O2.C25H22N2O2/c1-16-15-18(28(3)4)13-14-21(16)26(22-11-7-5-9-19(22)25(29)30-26)24-17(2)27-23-12-8-6-10-20(23)24;1-16-23(20-9-5-7-11-22(20)26-16)25(17-12-14-18(15-13-17)27(2)3)21-10-6-4-8-19(21)24(28)29-25/h5-15,27H,1-4H3;4-15,26H,1-3H3. The van der Waals surface area contributed by atoms with E-state index in [9.17, 15) is 9.59 Å². The number of carbonyl (C=O) groups excluding carboxylic acids is 2. The molecule has 0 aliphatic carbocycles. The first kappa shape index (κ1) is 37.5. The smallest absolute Gasteiger partial charge is 0.340 e. The topological polar surface area (TPSA) is 90.7 Å². The highest BCUT2D eigenvalue weighted by Gasteiger charge is 2.52. The number of H-pyrrole nitrogens is 2. The molecule has 4 heterocycles. The van der Waals surface area contributed by atoms with E-state index in [0.717, 1.165) is 83.5 Å². The molecule has 2 N–H and O–H groups in total. The van der Waals surface area contributed by atoms with E-state index >= 15 is 0 Å². The van der Waals surface area contributed by atoms with Crippen molar-refractivity contribution in [1.29, 1.82) is 0 Å². The van der Waals surface area contributed by atoms with Gasteiger partial charge in [-0.1, -0.05) is 91.0 Å². The summed E-state index contributed by atoms with van der Waals surface area (Å²) in [5, 5.41) is 2.13. The van der Waals surface area contributed by atoms with Crippen LogP contribution in [0.4, 0.5) is 11.4 Å². The normalized spacial score (nSPS) is 17.9. The van der Waals surface area contributed by atoms with Gasteiger partial charge in [-0.3, -0.25) is 0 Å². The number of fused-ring (bicyclic) bond motifs is 4. The number of nitrogens with zero attached hydrogens (tertiary/aromatic N) is 2. The van der Waals surface area contributed by atoms with Crippen LogP contribution in [0.25, 0.3) is 21.8 Å². The molecule has 0 amide bonds. The number of cyclic esters (lactones) is 2. The number of hydrogen-bond acceptors (Lipinski definition) is 6. The van der Waals surface area contributed by atoms with Gasteiger partial charge in [0.05, 0.1) is 11.1 Å². The monoisotopic (exact) mass is 778 g/mol. The molecule has 0 bridgehead atoms. The van der Waals surface area contributed by atoms with Gasteiger partial charge in [0.25, 0.3) is 0 Å². The van der Waals surface area contributed by atoms with Crippen LogP contribution in [0.15, 0.2) is 140 Å². The number of rotatable bonds is 6. The number of benzene rings is 6. The van der Waals surface area contributed by atoms with Gasteiger partial charge in [-0.15, -0.1) is 0 Å². The third-order valence-electron chi connectivity index (χ3n) is 11.9. The number of para-hydroxylation sites is 2. The Morgan fingerprint density at radius 1 is 0.475 bits per heavy atom. The maximum atomic E-state index is 13.0. The van der Waals surface area contributed by atoms with Gasteiger partial charge < -0.3 is 29.2 Å². The van der Waals surface area contributed by atoms with Crippen molar-refractivity contribution < 1.29 is 19.1 Å². The highest BCUT2D eigenvalue weighted by Crippen LogP contribution is 2.52. The van der Waals surface area contributed by atoms with Crippen molar-refractivity contribution in [2.75, 3.05) is 38.0 Å². The zero-order chi connectivity index (χ0) is 41.2. The predicted molar refractivity (Wildman–Crippen MR) is 236 cm³/mol. The lowest BCUT2D eigenvalue weighted by molar-refractivity contribution is 0.0244. The Balaban J connectivity index is 0.000000152. The minimum absolute atomic E-state index is 0.286. The molecule has 8 aromatic rings. The van der Waals surface area contributed by atoms with Crippen LogP contribution in [-0.2, 0) is 20.7 Å². The van der Waals surface area contributed by atoms with E-state index in [2.05, 4.69) is 100 Å². The van der Waals surface area contributed by atoms with Crippen LogP contribution in [0.5, 0.6) is 0 Å². The predicted octanol–water partition coefficient (Wildman–Crippen LogP) is 10.3. The molecule has 0 saturated carbocycles. The summed E-state index contributed by atoms with van der Waals surface area (Å²) in [4.78, 5) is 37.1. The van der Waals surface area contributed by atoms with Crippen LogP contribution < -0.4 is 9.80 Å². The molecule has 2 unspecified atom stereocenters. The Kier molecular flexibility index (Phi) is 8.96. The second-order valence-electron chi connectivity index (χ2n) is 15.9. The number of aromatic amines is 2. The number of esters is 2. The summed E-state index contributed by atoms with van der Waals surface area (Å²) in [6.45, 7) is 6.18. The number of aryl methyl sites for hydroxylation is 3. The molecule has 0 radical (unpaired) electrons. The van der Waals surface area contributed by atoms with Crippen LogP contribution in [0, 0.1) is 20.8 Å². The average molecular weight is 779 g/mol. The molecule has 2 aromatic heterocycles. The van der Waals surface area contributed by atoms with E-state index in [-0.39, 0.29) is 11.9 Å². The van der Waals surface area contributed by atoms with E-state index in [1.165, 1.54) is 0 Å². The quantitative estimate of drug-likeness (QED) is 0.163. The Morgan fingerprint density at radius 3 is 1.44 bits per heavy atom. The van der Waals surface area contributed by atoms with E-state index < -0.39 is 11.2 Å². The number of hydrogen-bond donors (Lipinski definition) is 2. The van der Waals surface area contributed by atoms with E-state index in [0.29, 0.717) is 11.1 Å². The van der Waals surface area contributed by atoms with Gasteiger partial charge >= 0.3 is 11.9 Å². The number of nitrogens with one attached hydrogen (secondary N) is 2. The molecule has 0 spiro atoms. The molecule has 59 heavy (non-hydrogen) atoms. The Morgan fingerprint density at radius 2 is 0.915 bits per heavy atom. The summed E-state index contributed by atoms with van der Waals surface area (Å²) in [6, 6.07) is 46.4. The molecule has 294 valence electrons. The number of aromatic nitrogens is 2. The summed E-state index contributed by atoms with van der Waals surface area (Å²) in [5.41, 5.74) is 12.3. The minimum atomic E-state index is -0.994. The van der Waals surface area contributed by atoms with Crippen LogP contribution in [-0.4, -0.2) is 50.1 Å². The van der Waals surface area contributed by atoms with Crippen molar-refractivity contribution in [2.45, 2.75) is 32.0 Å². The van der Waals surface area contributed by atoms with Crippen molar-refractivity contribution in [3.05, 3.63) is 201 Å². The summed E-state index contributed by atoms with van der Waals surface area (Å²) in [6.07, 6.45) is 0. The summed E-state index contributed by atoms with van der Waals surface area (Å²) in [5.74, 6) is -0.576. The first-order chi connectivity index (χ1) is 28.5. The van der Waals surface area contributed by atoms with Gasteiger partial charge in [0.15, 0.2) is 11.2 Å². The molecule has 8 nitrogen and oxygen atoms in total. The van der Waals surface area contributed by atoms with Crippen LogP contribution in [0.2, 0.25) is 0 Å². The third-order valence-corrected chi connectivity index (χ3v) is 11.9. The van der Waals surface area contributed by atoms with Crippen LogP contribution >= 0.6 is 0 Å². The van der Waals surface area contributed by atoms with Crippen molar-refractivity contribution in [1.82, 2.24) is 9.97 Å². The number of anilines is 2. The molecular formula is C51H46N4O4. The fraction of sp³-hybridized carbons (Fsp3) is 0.176. The van der Waals surface area contributed by atoms with Gasteiger partial charge in [0.2, 0.25) is 0 Å². The number of carbonyl (C=O) groups is 2. The fourth-order valence-corrected chi connectivity index (χ4v) is 9.28. The lowest BCUT2D eigenvalue weighted by atomic mass is 9.77. The molecule has 10 rings (SSSR count). The van der Waals surface area contributed by atoms with E-state index in [4.69, 9.17) is 9.47 Å². The zero-order valence-electron chi connectivity index (χ0n) is 34.3. The number of ether oxygens (including phenoxy) is 2. The van der Waals surface area contributed by atoms with Crippen molar-refractivity contribution in [2.24, 2.45) is 0 Å². The lowest BCUT2D eigenvalue weighted by Crippen LogP contribution is -2.31. The van der Waals surface area contributed by atoms with Crippen molar-refractivity contribution >= 4 is 45.1 Å². The van der Waals surface area contributed by atoms with Crippen molar-refractivity contribution in [3.63, 3.8) is 0 Å². The minimum Gasteiger partial charge on any atom is -0.440 e. The first-order valence-corrected chi connectivity index (χ1v) is 19.8. The Bertz CT molecular complexity index is 2940. The summed E-state index contributed by atoms with van der Waals surface area (Å²) < 4.78 is 12.6. The van der Waals surface area contributed by atoms with Gasteiger partial charge in [-0.05, 0) is 74.9 Å². The van der Waals surface area contributed by atoms with Gasteiger partial charge in [-0.25, -0.2) is 9.59 Å². The fourth-order valence-electron chi connectivity index (χ4n) is 9.28. The van der Waals surface area contributed by atoms with E-state index in [1.807, 2.05) is 108 Å². The molecular weight excluding hydrogens is 733 g/mol. The SMILES string of the molecule is Cc1[nH]c2ccccc2c1C1(c2ccc(N(C)C)cc2)OC(=O)c2ccccc21.Cc1cc(N(C)C)ccc1C1(c2c(C)[nH]c3ccccc23)OC(=O)c2ccccc21. The van der Waals surface area contributed by atoms with Crippen LogP contribution in [0.3, 0.4) is 0 Å². The average Bonchev–Trinajstić information content (AvgIpc) is 3.95. The zero-order valence-corrected chi connectivity index (χ0v) is 34.3. The lowest BCUT2D eigenvalue weighted by Gasteiger charge is -2.32. The highest BCUT2D eigenvalue weighted by molar-refractivity contribution is 6.00. The first-order valence-electron chi connectivity index (χ1n) is 19.8. The van der Waals surface area contributed by atoms with Gasteiger partial charge in [0.1, 0.15) is 0 Å². The molecule has 0 saturated heterocycles. The van der Waals surface area contributed by atoms with E-state index in [1.54, 1.807) is 0 Å². The Labute approximate surface area is 344 Å². The second-order valence-corrected chi connectivity index (χ2v) is 15.9. The molecule has 2 aliphatic heterocycles. The maximum Gasteiger partial charge on any atom is 0.340 e. The largest absolute Gasteiger partial charge is 0.440 e. The molecule has 8 heteroatoms. The molecule has 0 fully saturated rings. The van der Waals surface area contributed by atoms with Crippen molar-refractivity contribution in [3.8, 4) is 0 Å². The van der Waals surface area contributed by atoms with Gasteiger partial charge in [-0.2, -0.15) is 0 Å². The van der Waals surface area contributed by atoms with Gasteiger partial charge in [0, 0.05) is 106 Å².